The molecule has 2 aromatic rings. The highest BCUT2D eigenvalue weighted by molar-refractivity contribution is 5.79. The molecule has 1 aliphatic rings. The first-order chi connectivity index (χ1) is 14.8. The number of nitrogens with zero attached hydrogens (tertiary/aromatic N) is 3. The Bertz CT molecular complexity index is 963. The van der Waals surface area contributed by atoms with Crippen molar-refractivity contribution in [1.29, 1.82) is 0 Å². The molecule has 31 heavy (non-hydrogen) atoms. The number of fused-ring (bicyclic) bond motifs is 3. The zero-order valence-electron chi connectivity index (χ0n) is 17.9. The van der Waals surface area contributed by atoms with Gasteiger partial charge in [0.1, 0.15) is 18.2 Å². The Morgan fingerprint density at radius 2 is 1.68 bits per heavy atom. The van der Waals surface area contributed by atoms with Gasteiger partial charge in [0.2, 0.25) is 0 Å². The molecule has 0 heterocycles. The summed E-state index contributed by atoms with van der Waals surface area (Å²) in [5.41, 5.74) is 12.6. The van der Waals surface area contributed by atoms with Gasteiger partial charge < -0.3 is 14.8 Å². The minimum absolute atomic E-state index is 0.0316. The number of benzene rings is 2. The topological polar surface area (TPSA) is 113 Å². The molecule has 0 radical (unpaired) electrons. The summed E-state index contributed by atoms with van der Waals surface area (Å²) in [6.07, 6.45) is -0.478. The van der Waals surface area contributed by atoms with Crippen LogP contribution in [0.25, 0.3) is 21.6 Å². The van der Waals surface area contributed by atoms with Crippen molar-refractivity contribution in [3.05, 3.63) is 70.1 Å². The highest BCUT2D eigenvalue weighted by Crippen LogP contribution is 2.44. The average molecular weight is 422 g/mol. The van der Waals surface area contributed by atoms with Gasteiger partial charge in [-0.05, 0) is 55.0 Å². The molecule has 8 heteroatoms. The van der Waals surface area contributed by atoms with E-state index in [0.29, 0.717) is 0 Å². The van der Waals surface area contributed by atoms with Gasteiger partial charge in [0.05, 0.1) is 0 Å². The lowest BCUT2D eigenvalue weighted by atomic mass is 9.98. The number of ether oxygens (including phenoxy) is 2. The molecule has 0 aliphatic heterocycles. The van der Waals surface area contributed by atoms with Crippen LogP contribution in [-0.4, -0.2) is 36.9 Å². The Labute approximate surface area is 181 Å². The molecule has 1 aliphatic carbocycles. The number of esters is 1. The third-order valence-corrected chi connectivity index (χ3v) is 4.90. The van der Waals surface area contributed by atoms with Gasteiger partial charge in [0.15, 0.2) is 0 Å². The molecular weight excluding hydrogens is 396 g/mol. The van der Waals surface area contributed by atoms with Gasteiger partial charge in [-0.3, -0.25) is 4.79 Å². The molecule has 1 atom stereocenters. The Morgan fingerprint density at radius 3 is 2.23 bits per heavy atom. The van der Waals surface area contributed by atoms with Crippen LogP contribution in [0.15, 0.2) is 53.6 Å². The summed E-state index contributed by atoms with van der Waals surface area (Å²) in [5.74, 6) is -0.657. The van der Waals surface area contributed by atoms with Crippen LogP contribution < -0.4 is 5.32 Å². The van der Waals surface area contributed by atoms with Crippen molar-refractivity contribution >= 4 is 12.1 Å². The van der Waals surface area contributed by atoms with Crippen LogP contribution in [0.1, 0.15) is 44.2 Å². The summed E-state index contributed by atoms with van der Waals surface area (Å²) in [4.78, 5) is 27.0. The van der Waals surface area contributed by atoms with Crippen molar-refractivity contribution in [2.45, 2.75) is 44.8 Å². The summed E-state index contributed by atoms with van der Waals surface area (Å²) in [7, 11) is 0. The zero-order valence-corrected chi connectivity index (χ0v) is 17.9. The second-order valence-corrected chi connectivity index (χ2v) is 8.30. The van der Waals surface area contributed by atoms with Crippen LogP contribution >= 0.6 is 0 Å². The lowest BCUT2D eigenvalue weighted by Gasteiger charge is -2.22. The van der Waals surface area contributed by atoms with Gasteiger partial charge in [0.25, 0.3) is 0 Å². The smallest absolute Gasteiger partial charge is 0.407 e. The first-order valence-electron chi connectivity index (χ1n) is 10.2. The van der Waals surface area contributed by atoms with Crippen LogP contribution in [0.3, 0.4) is 0 Å². The molecule has 0 saturated carbocycles. The van der Waals surface area contributed by atoms with E-state index in [1.54, 1.807) is 20.8 Å². The van der Waals surface area contributed by atoms with Crippen LogP contribution in [0, 0.1) is 0 Å². The number of hydrogen-bond acceptors (Lipinski definition) is 5. The molecule has 162 valence electrons. The number of carbonyl (C=O) groups excluding carboxylic acids is 2. The largest absolute Gasteiger partial charge is 0.460 e. The summed E-state index contributed by atoms with van der Waals surface area (Å²) < 4.78 is 10.7. The number of alkyl carbamates (subject to hydrolysis) is 1. The third-order valence-electron chi connectivity index (χ3n) is 4.90. The molecule has 0 bridgehead atoms. The van der Waals surface area contributed by atoms with Crippen molar-refractivity contribution in [3.63, 3.8) is 0 Å². The second kappa shape index (κ2) is 9.53. The van der Waals surface area contributed by atoms with E-state index in [4.69, 9.17) is 15.0 Å². The lowest BCUT2D eigenvalue weighted by Crippen LogP contribution is -2.34. The molecule has 3 rings (SSSR count). The number of azide groups is 1. The molecule has 1 amide bonds. The number of amides is 1. The van der Waals surface area contributed by atoms with Gasteiger partial charge >= 0.3 is 12.1 Å². The van der Waals surface area contributed by atoms with E-state index in [0.717, 1.165) is 22.3 Å². The van der Waals surface area contributed by atoms with Crippen molar-refractivity contribution in [3.8, 4) is 11.1 Å². The highest BCUT2D eigenvalue weighted by Gasteiger charge is 2.29. The van der Waals surface area contributed by atoms with E-state index < -0.39 is 23.7 Å². The lowest BCUT2D eigenvalue weighted by molar-refractivity contribution is -0.156. The first-order valence-corrected chi connectivity index (χ1v) is 10.2. The van der Waals surface area contributed by atoms with E-state index in [1.165, 1.54) is 0 Å². The molecule has 1 N–H and O–H groups in total. The molecule has 8 nitrogen and oxygen atoms in total. The fourth-order valence-corrected chi connectivity index (χ4v) is 3.62. The molecular formula is C23H26N4O4. The maximum Gasteiger partial charge on any atom is 0.407 e. The molecule has 0 spiro atoms. The maximum absolute atomic E-state index is 12.2. The Morgan fingerprint density at radius 1 is 1.10 bits per heavy atom. The average Bonchev–Trinajstić information content (AvgIpc) is 3.04. The molecule has 0 saturated heterocycles. The number of rotatable bonds is 7. The predicted molar refractivity (Wildman–Crippen MR) is 116 cm³/mol. The Kier molecular flexibility index (Phi) is 6.82. The number of nitrogens with one attached hydrogen (secondary N) is 1. The van der Waals surface area contributed by atoms with Crippen molar-refractivity contribution in [2.24, 2.45) is 5.11 Å². The van der Waals surface area contributed by atoms with E-state index in [1.807, 2.05) is 36.4 Å². The summed E-state index contributed by atoms with van der Waals surface area (Å²) in [6, 6.07) is 15.2. The van der Waals surface area contributed by atoms with Crippen molar-refractivity contribution < 1.29 is 19.1 Å². The standard InChI is InChI=1S/C23H26N4O4/c1-23(2,3)31-21(28)20(26-27-24)12-13-25-22(29)30-14-19-17-10-6-4-8-15(17)16-9-5-7-11-18(16)19/h4-11,19-20H,12-14H2,1-3H3,(H,25,29). The second-order valence-electron chi connectivity index (χ2n) is 8.30. The van der Waals surface area contributed by atoms with Gasteiger partial charge in [0, 0.05) is 17.4 Å². The van der Waals surface area contributed by atoms with Crippen molar-refractivity contribution in [1.82, 2.24) is 5.32 Å². The van der Waals surface area contributed by atoms with Crippen LogP contribution in [0.4, 0.5) is 4.79 Å². The minimum atomic E-state index is -1.02. The van der Waals surface area contributed by atoms with Gasteiger partial charge in [-0.2, -0.15) is 0 Å². The summed E-state index contributed by atoms with van der Waals surface area (Å²) >= 11 is 0. The van der Waals surface area contributed by atoms with E-state index >= 15 is 0 Å². The molecule has 2 aromatic carbocycles. The van der Waals surface area contributed by atoms with Gasteiger partial charge in [-0.25, -0.2) is 4.79 Å². The monoisotopic (exact) mass is 422 g/mol. The fourth-order valence-electron chi connectivity index (χ4n) is 3.62. The third kappa shape index (κ3) is 5.55. The SMILES string of the molecule is CC(C)(C)OC(=O)C(CCNC(=O)OCC1c2ccccc2-c2ccccc21)N=[N+]=[N-]. The van der Waals surface area contributed by atoms with Crippen LogP contribution in [0.2, 0.25) is 0 Å². The molecule has 1 unspecified atom stereocenters. The van der Waals surface area contributed by atoms with E-state index in [2.05, 4.69) is 27.5 Å². The Balaban J connectivity index is 1.54. The van der Waals surface area contributed by atoms with Crippen LogP contribution in [0.5, 0.6) is 0 Å². The quantitative estimate of drug-likeness (QED) is 0.295. The Hall–Kier alpha value is -3.51. The maximum atomic E-state index is 12.2. The molecule has 0 aromatic heterocycles. The van der Waals surface area contributed by atoms with Crippen LogP contribution in [-0.2, 0) is 14.3 Å². The minimum Gasteiger partial charge on any atom is -0.460 e. The highest BCUT2D eigenvalue weighted by atomic mass is 16.6. The van der Waals surface area contributed by atoms with E-state index in [9.17, 15) is 9.59 Å². The van der Waals surface area contributed by atoms with Gasteiger partial charge in [-0.1, -0.05) is 53.6 Å². The fraction of sp³-hybridized carbons (Fsp3) is 0.391. The predicted octanol–water partition coefficient (Wildman–Crippen LogP) is 4.94. The summed E-state index contributed by atoms with van der Waals surface area (Å²) in [6.45, 7) is 5.50. The normalized spacial score (nSPS) is 13.4. The van der Waals surface area contributed by atoms with Crippen molar-refractivity contribution in [2.75, 3.05) is 13.2 Å². The van der Waals surface area contributed by atoms with Gasteiger partial charge in [-0.15, -0.1) is 0 Å². The molecule has 0 fully saturated rings. The summed E-state index contributed by atoms with van der Waals surface area (Å²) in [5, 5.41) is 6.09. The zero-order chi connectivity index (χ0) is 22.4. The number of hydrogen-bond donors (Lipinski definition) is 1. The van der Waals surface area contributed by atoms with E-state index in [-0.39, 0.29) is 25.5 Å². The first kappa shape index (κ1) is 22.2. The number of carbonyl (C=O) groups is 2.